The average Bonchev–Trinajstić information content (AvgIpc) is 2.84. The smallest absolute Gasteiger partial charge is 0.261 e. The van der Waals surface area contributed by atoms with Crippen molar-refractivity contribution >= 4 is 28.8 Å². The molecule has 0 spiro atoms. The summed E-state index contributed by atoms with van der Waals surface area (Å²) < 4.78 is 5.75. The lowest BCUT2D eigenvalue weighted by atomic mass is 10.1. The normalized spacial score (nSPS) is 10.4. The minimum atomic E-state index is -0.107. The summed E-state index contributed by atoms with van der Waals surface area (Å²) in [6, 6.07) is 11.3. The number of methoxy groups -OCH3 is 1. The maximum atomic E-state index is 11.9. The number of benzene rings is 1. The topological polar surface area (TPSA) is 38.3 Å². The molecule has 0 aliphatic carbocycles. The molecule has 100 valence electrons. The molecule has 0 fully saturated rings. The lowest BCUT2D eigenvalue weighted by Gasteiger charge is -2.09. The molecule has 0 bridgehead atoms. The Morgan fingerprint density at radius 1 is 1.26 bits per heavy atom. The standard InChI is InChI=1S/C14H14ClNO2S/c1-18-9-11-5-3-2-4-10(11)8-16-14(17)12-6-7-13(15)19-12/h2-7H,8-9H2,1H3,(H,16,17). The van der Waals surface area contributed by atoms with Gasteiger partial charge in [-0.05, 0) is 23.3 Å². The lowest BCUT2D eigenvalue weighted by molar-refractivity contribution is 0.0954. The first-order valence-corrected chi connectivity index (χ1v) is 6.99. The molecule has 0 aliphatic heterocycles. The fraction of sp³-hybridized carbons (Fsp3) is 0.214. The second-order valence-electron chi connectivity index (χ2n) is 3.99. The van der Waals surface area contributed by atoms with Crippen molar-refractivity contribution < 1.29 is 9.53 Å². The van der Waals surface area contributed by atoms with Gasteiger partial charge in [-0.1, -0.05) is 35.9 Å². The van der Waals surface area contributed by atoms with E-state index in [9.17, 15) is 4.79 Å². The molecule has 1 amide bonds. The van der Waals surface area contributed by atoms with Crippen LogP contribution in [-0.4, -0.2) is 13.0 Å². The van der Waals surface area contributed by atoms with Crippen molar-refractivity contribution in [1.82, 2.24) is 5.32 Å². The van der Waals surface area contributed by atoms with E-state index in [1.165, 1.54) is 11.3 Å². The van der Waals surface area contributed by atoms with Gasteiger partial charge in [-0.15, -0.1) is 11.3 Å². The molecule has 0 radical (unpaired) electrons. The van der Waals surface area contributed by atoms with Gasteiger partial charge in [0.1, 0.15) is 0 Å². The quantitative estimate of drug-likeness (QED) is 0.917. The molecule has 1 heterocycles. The van der Waals surface area contributed by atoms with Gasteiger partial charge in [-0.25, -0.2) is 0 Å². The monoisotopic (exact) mass is 295 g/mol. The second-order valence-corrected chi connectivity index (χ2v) is 5.70. The van der Waals surface area contributed by atoms with Crippen LogP contribution >= 0.6 is 22.9 Å². The van der Waals surface area contributed by atoms with E-state index in [1.54, 1.807) is 19.2 Å². The van der Waals surface area contributed by atoms with Crippen LogP contribution in [0.1, 0.15) is 20.8 Å². The molecule has 1 aromatic carbocycles. The van der Waals surface area contributed by atoms with Crippen LogP contribution in [0.15, 0.2) is 36.4 Å². The van der Waals surface area contributed by atoms with Crippen molar-refractivity contribution in [2.24, 2.45) is 0 Å². The lowest BCUT2D eigenvalue weighted by Crippen LogP contribution is -2.22. The maximum Gasteiger partial charge on any atom is 0.261 e. The SMILES string of the molecule is COCc1ccccc1CNC(=O)c1ccc(Cl)s1. The van der Waals surface area contributed by atoms with Crippen molar-refractivity contribution in [1.29, 1.82) is 0 Å². The van der Waals surface area contributed by atoms with Crippen LogP contribution < -0.4 is 5.32 Å². The minimum Gasteiger partial charge on any atom is -0.380 e. The van der Waals surface area contributed by atoms with Crippen LogP contribution in [-0.2, 0) is 17.9 Å². The fourth-order valence-electron chi connectivity index (χ4n) is 1.73. The molecule has 0 saturated heterocycles. The van der Waals surface area contributed by atoms with Gasteiger partial charge in [-0.2, -0.15) is 0 Å². The summed E-state index contributed by atoms with van der Waals surface area (Å²) >= 11 is 7.08. The first-order chi connectivity index (χ1) is 9.20. The van der Waals surface area contributed by atoms with Crippen LogP contribution in [0.4, 0.5) is 0 Å². The third-order valence-electron chi connectivity index (χ3n) is 2.65. The molecular formula is C14H14ClNO2S. The summed E-state index contributed by atoms with van der Waals surface area (Å²) in [6.45, 7) is 1.02. The number of halogens is 1. The number of hydrogen-bond donors (Lipinski definition) is 1. The first kappa shape index (κ1) is 14.1. The number of ether oxygens (including phenoxy) is 1. The largest absolute Gasteiger partial charge is 0.380 e. The van der Waals surface area contributed by atoms with Crippen LogP contribution in [0.25, 0.3) is 0 Å². The molecule has 19 heavy (non-hydrogen) atoms. The van der Waals surface area contributed by atoms with E-state index in [2.05, 4.69) is 5.32 Å². The Kier molecular flexibility index (Phi) is 4.96. The van der Waals surface area contributed by atoms with E-state index < -0.39 is 0 Å². The van der Waals surface area contributed by atoms with E-state index in [1.807, 2.05) is 24.3 Å². The Balaban J connectivity index is 2.00. The summed E-state index contributed by atoms with van der Waals surface area (Å²) in [5, 5.41) is 2.88. The molecule has 1 N–H and O–H groups in total. The highest BCUT2D eigenvalue weighted by Crippen LogP contribution is 2.21. The van der Waals surface area contributed by atoms with Gasteiger partial charge >= 0.3 is 0 Å². The van der Waals surface area contributed by atoms with E-state index in [0.29, 0.717) is 22.4 Å². The zero-order valence-corrected chi connectivity index (χ0v) is 12.1. The first-order valence-electron chi connectivity index (χ1n) is 5.80. The highest BCUT2D eigenvalue weighted by Gasteiger charge is 2.09. The summed E-state index contributed by atoms with van der Waals surface area (Å²) in [5.41, 5.74) is 2.13. The van der Waals surface area contributed by atoms with Gasteiger partial charge in [0.25, 0.3) is 5.91 Å². The molecular weight excluding hydrogens is 282 g/mol. The highest BCUT2D eigenvalue weighted by atomic mass is 35.5. The second kappa shape index (κ2) is 6.70. The van der Waals surface area contributed by atoms with Crippen LogP contribution in [0.3, 0.4) is 0 Å². The van der Waals surface area contributed by atoms with Crippen LogP contribution in [0.5, 0.6) is 0 Å². The van der Waals surface area contributed by atoms with Crippen molar-refractivity contribution in [3.05, 3.63) is 56.7 Å². The number of thiophene rings is 1. The van der Waals surface area contributed by atoms with Gasteiger partial charge in [0, 0.05) is 13.7 Å². The highest BCUT2D eigenvalue weighted by molar-refractivity contribution is 7.17. The van der Waals surface area contributed by atoms with E-state index in [-0.39, 0.29) is 5.91 Å². The van der Waals surface area contributed by atoms with Gasteiger partial charge in [0.05, 0.1) is 15.8 Å². The van der Waals surface area contributed by atoms with Crippen molar-refractivity contribution in [3.63, 3.8) is 0 Å². The Bertz CT molecular complexity index is 568. The zero-order valence-electron chi connectivity index (χ0n) is 10.5. The maximum absolute atomic E-state index is 11.9. The van der Waals surface area contributed by atoms with Gasteiger partial charge in [0.2, 0.25) is 0 Å². The summed E-state index contributed by atoms with van der Waals surface area (Å²) in [6.07, 6.45) is 0. The summed E-state index contributed by atoms with van der Waals surface area (Å²) in [4.78, 5) is 12.5. The summed E-state index contributed by atoms with van der Waals surface area (Å²) in [5.74, 6) is -0.107. The molecule has 3 nitrogen and oxygen atoms in total. The van der Waals surface area contributed by atoms with Crippen molar-refractivity contribution in [2.75, 3.05) is 7.11 Å². The Morgan fingerprint density at radius 2 is 2.00 bits per heavy atom. The third kappa shape index (κ3) is 3.80. The Hall–Kier alpha value is -1.36. The van der Waals surface area contributed by atoms with E-state index in [4.69, 9.17) is 16.3 Å². The van der Waals surface area contributed by atoms with Crippen LogP contribution in [0.2, 0.25) is 4.34 Å². The number of carbonyl (C=O) groups excluding carboxylic acids is 1. The third-order valence-corrected chi connectivity index (χ3v) is 3.88. The molecule has 1 aromatic heterocycles. The number of hydrogen-bond acceptors (Lipinski definition) is 3. The zero-order chi connectivity index (χ0) is 13.7. The molecule has 0 saturated carbocycles. The molecule has 2 aromatic rings. The fourth-order valence-corrected chi connectivity index (χ4v) is 2.68. The molecule has 0 unspecified atom stereocenters. The Morgan fingerprint density at radius 3 is 2.63 bits per heavy atom. The predicted molar refractivity (Wildman–Crippen MR) is 77.7 cm³/mol. The van der Waals surface area contributed by atoms with Crippen LogP contribution in [0, 0.1) is 0 Å². The molecule has 0 aliphatic rings. The van der Waals surface area contributed by atoms with Crippen molar-refractivity contribution in [2.45, 2.75) is 13.2 Å². The van der Waals surface area contributed by atoms with E-state index >= 15 is 0 Å². The number of amides is 1. The average molecular weight is 296 g/mol. The molecule has 0 atom stereocenters. The van der Waals surface area contributed by atoms with E-state index in [0.717, 1.165) is 11.1 Å². The predicted octanol–water partition coefficient (Wildman–Crippen LogP) is 3.48. The van der Waals surface area contributed by atoms with Crippen molar-refractivity contribution in [3.8, 4) is 0 Å². The molecule has 2 rings (SSSR count). The summed E-state index contributed by atoms with van der Waals surface area (Å²) in [7, 11) is 1.66. The minimum absolute atomic E-state index is 0.107. The number of rotatable bonds is 5. The van der Waals surface area contributed by atoms with Gasteiger partial charge in [-0.3, -0.25) is 4.79 Å². The number of nitrogens with one attached hydrogen (secondary N) is 1. The van der Waals surface area contributed by atoms with Gasteiger partial charge < -0.3 is 10.1 Å². The number of carbonyl (C=O) groups is 1. The molecule has 5 heteroatoms. The van der Waals surface area contributed by atoms with Gasteiger partial charge in [0.15, 0.2) is 0 Å². The Labute approximate surface area is 121 Å².